The number of nitrogens with one attached hydrogen (secondary N) is 1. The van der Waals surface area contributed by atoms with Crippen molar-refractivity contribution >= 4 is 11.6 Å². The Morgan fingerprint density at radius 2 is 1.82 bits per heavy atom. The summed E-state index contributed by atoms with van der Waals surface area (Å²) in [4.78, 5) is 12.6. The highest BCUT2D eigenvalue weighted by Gasteiger charge is 2.29. The molecule has 0 aliphatic carbocycles. The predicted octanol–water partition coefficient (Wildman–Crippen LogP) is 1.15. The van der Waals surface area contributed by atoms with Gasteiger partial charge in [0, 0.05) is 11.3 Å². The maximum Gasteiger partial charge on any atom is 0.266 e. The van der Waals surface area contributed by atoms with Crippen molar-refractivity contribution in [3.05, 3.63) is 72.2 Å². The molecule has 0 fully saturated rings. The number of imidazole rings is 1. The van der Waals surface area contributed by atoms with E-state index in [1.54, 1.807) is 0 Å². The molecule has 1 aromatic heterocycles. The predicted molar refractivity (Wildman–Crippen MR) is 108 cm³/mol. The summed E-state index contributed by atoms with van der Waals surface area (Å²) < 4.78 is 4.45. The highest BCUT2D eigenvalue weighted by Crippen LogP contribution is 2.24. The third kappa shape index (κ3) is 4.12. The molecule has 1 aliphatic heterocycles. The van der Waals surface area contributed by atoms with Crippen LogP contribution in [0.2, 0.25) is 0 Å². The largest absolute Gasteiger partial charge is 1.00 e. The molecule has 0 saturated carbocycles. The summed E-state index contributed by atoms with van der Waals surface area (Å²) in [6, 6.07) is 18.5. The molecular formula is C23H26ClN3O. The summed E-state index contributed by atoms with van der Waals surface area (Å²) in [6.45, 7) is 5.70. The summed E-state index contributed by atoms with van der Waals surface area (Å²) in [6.07, 6.45) is 4.27. The summed E-state index contributed by atoms with van der Waals surface area (Å²) in [7, 11) is 0. The van der Waals surface area contributed by atoms with Gasteiger partial charge in [-0.05, 0) is 30.0 Å². The Kier molecular flexibility index (Phi) is 6.20. The summed E-state index contributed by atoms with van der Waals surface area (Å²) >= 11 is 0. The first-order valence-electron chi connectivity index (χ1n) is 9.69. The Morgan fingerprint density at radius 1 is 1.11 bits per heavy atom. The molecule has 4 rings (SSSR count). The molecule has 4 nitrogen and oxygen atoms in total. The van der Waals surface area contributed by atoms with Crippen LogP contribution >= 0.6 is 0 Å². The molecule has 0 unspecified atom stereocenters. The standard InChI is InChI=1S/C23H25N3O.ClH/c1-17(2)18-10-12-20(13-11-18)24-22(27)16-25-15-21(19-7-4-3-5-8-19)26-14-6-9-23(25)26;/h3-5,7-8,10-13,15,17H,6,9,14,16H2,1-2H3;1H. The first kappa shape index (κ1) is 20.2. The molecule has 0 atom stereocenters. The van der Waals surface area contributed by atoms with E-state index in [2.05, 4.69) is 70.9 Å². The highest BCUT2D eigenvalue weighted by molar-refractivity contribution is 5.89. The molecular weight excluding hydrogens is 370 g/mol. The number of hydrogen-bond acceptors (Lipinski definition) is 1. The van der Waals surface area contributed by atoms with Crippen LogP contribution < -0.4 is 22.3 Å². The lowest BCUT2D eigenvalue weighted by atomic mass is 10.0. The molecule has 2 heterocycles. The number of carbonyl (C=O) groups excluding carboxylic acids is 1. The second-order valence-electron chi connectivity index (χ2n) is 7.50. The van der Waals surface area contributed by atoms with Gasteiger partial charge in [-0.1, -0.05) is 56.3 Å². The van der Waals surface area contributed by atoms with E-state index in [-0.39, 0.29) is 18.3 Å². The van der Waals surface area contributed by atoms with Crippen LogP contribution in [-0.4, -0.2) is 10.5 Å². The van der Waals surface area contributed by atoms with Crippen LogP contribution in [0.1, 0.15) is 37.6 Å². The zero-order valence-electron chi connectivity index (χ0n) is 16.4. The molecule has 0 radical (unpaired) electrons. The van der Waals surface area contributed by atoms with Crippen LogP contribution in [0.3, 0.4) is 0 Å². The minimum Gasteiger partial charge on any atom is -1.00 e. The van der Waals surface area contributed by atoms with Crippen molar-refractivity contribution in [2.75, 3.05) is 5.32 Å². The Bertz CT molecular complexity index is 946. The lowest BCUT2D eigenvalue weighted by Gasteiger charge is -2.08. The van der Waals surface area contributed by atoms with E-state index in [1.807, 2.05) is 18.2 Å². The van der Waals surface area contributed by atoms with E-state index in [9.17, 15) is 4.79 Å². The molecule has 28 heavy (non-hydrogen) atoms. The molecule has 0 bridgehead atoms. The molecule has 5 heteroatoms. The molecule has 0 saturated heterocycles. The van der Waals surface area contributed by atoms with E-state index >= 15 is 0 Å². The monoisotopic (exact) mass is 395 g/mol. The number of hydrogen-bond donors (Lipinski definition) is 1. The van der Waals surface area contributed by atoms with E-state index in [0.717, 1.165) is 25.1 Å². The fraction of sp³-hybridized carbons (Fsp3) is 0.304. The number of carbonyl (C=O) groups is 1. The maximum atomic E-state index is 12.6. The van der Waals surface area contributed by atoms with Crippen molar-refractivity contribution < 1.29 is 21.8 Å². The summed E-state index contributed by atoms with van der Waals surface area (Å²) in [5.74, 6) is 1.74. The van der Waals surface area contributed by atoms with Crippen LogP contribution in [0.4, 0.5) is 5.69 Å². The van der Waals surface area contributed by atoms with Gasteiger partial charge in [0.05, 0.1) is 13.0 Å². The summed E-state index contributed by atoms with van der Waals surface area (Å²) in [5.41, 5.74) is 4.52. The lowest BCUT2D eigenvalue weighted by Crippen LogP contribution is -3.00. The summed E-state index contributed by atoms with van der Waals surface area (Å²) in [5, 5.41) is 3.03. The second kappa shape index (κ2) is 8.61. The number of benzene rings is 2. The number of nitrogens with zero attached hydrogens (tertiary/aromatic N) is 2. The average Bonchev–Trinajstić information content (AvgIpc) is 3.27. The van der Waals surface area contributed by atoms with Gasteiger partial charge in [0.1, 0.15) is 6.20 Å². The lowest BCUT2D eigenvalue weighted by molar-refractivity contribution is -0.690. The van der Waals surface area contributed by atoms with E-state index in [1.165, 1.54) is 22.6 Å². The van der Waals surface area contributed by atoms with Crippen molar-refractivity contribution in [3.8, 4) is 11.3 Å². The van der Waals surface area contributed by atoms with Crippen molar-refractivity contribution in [2.45, 2.75) is 45.7 Å². The molecule has 1 amide bonds. The van der Waals surface area contributed by atoms with Gasteiger partial charge in [0.25, 0.3) is 11.7 Å². The first-order chi connectivity index (χ1) is 13.1. The van der Waals surface area contributed by atoms with Crippen molar-refractivity contribution in [3.63, 3.8) is 0 Å². The number of rotatable bonds is 5. The van der Waals surface area contributed by atoms with Gasteiger partial charge in [-0.3, -0.25) is 4.79 Å². The fourth-order valence-electron chi connectivity index (χ4n) is 3.79. The fourth-order valence-corrected chi connectivity index (χ4v) is 3.79. The maximum absolute atomic E-state index is 12.6. The van der Waals surface area contributed by atoms with Crippen molar-refractivity contribution in [2.24, 2.45) is 0 Å². The third-order valence-electron chi connectivity index (χ3n) is 5.24. The third-order valence-corrected chi connectivity index (χ3v) is 5.24. The normalized spacial score (nSPS) is 12.5. The van der Waals surface area contributed by atoms with Crippen molar-refractivity contribution in [1.29, 1.82) is 0 Å². The van der Waals surface area contributed by atoms with Gasteiger partial charge >= 0.3 is 0 Å². The quantitative estimate of drug-likeness (QED) is 0.647. The first-order valence-corrected chi connectivity index (χ1v) is 9.69. The minimum absolute atomic E-state index is 0. The number of fused-ring (bicyclic) bond motifs is 1. The zero-order valence-corrected chi connectivity index (χ0v) is 17.1. The average molecular weight is 396 g/mol. The van der Waals surface area contributed by atoms with Gasteiger partial charge in [-0.25, -0.2) is 9.13 Å². The van der Waals surface area contributed by atoms with Crippen LogP contribution in [0, 0.1) is 0 Å². The van der Waals surface area contributed by atoms with Gasteiger partial charge in [0.15, 0.2) is 12.2 Å². The molecule has 146 valence electrons. The second-order valence-corrected chi connectivity index (χ2v) is 7.50. The van der Waals surface area contributed by atoms with Crippen LogP contribution in [-0.2, 0) is 24.3 Å². The van der Waals surface area contributed by atoms with Crippen LogP contribution in [0.5, 0.6) is 0 Å². The van der Waals surface area contributed by atoms with Gasteiger partial charge in [0.2, 0.25) is 0 Å². The Morgan fingerprint density at radius 3 is 2.50 bits per heavy atom. The topological polar surface area (TPSA) is 37.9 Å². The Balaban J connectivity index is 0.00000225. The van der Waals surface area contributed by atoms with E-state index in [4.69, 9.17) is 0 Å². The number of halogens is 1. The molecule has 2 aromatic carbocycles. The Labute approximate surface area is 172 Å². The van der Waals surface area contributed by atoms with Crippen molar-refractivity contribution in [1.82, 2.24) is 4.57 Å². The number of aromatic nitrogens is 2. The number of amides is 1. The van der Waals surface area contributed by atoms with Crippen LogP contribution in [0.15, 0.2) is 60.8 Å². The molecule has 0 spiro atoms. The Hall–Kier alpha value is -2.59. The van der Waals surface area contributed by atoms with Gasteiger partial charge in [-0.15, -0.1) is 0 Å². The van der Waals surface area contributed by atoms with Crippen LogP contribution in [0.25, 0.3) is 11.3 Å². The van der Waals surface area contributed by atoms with E-state index < -0.39 is 0 Å². The molecule has 3 aromatic rings. The molecule has 1 N–H and O–H groups in total. The smallest absolute Gasteiger partial charge is 0.266 e. The highest BCUT2D eigenvalue weighted by atomic mass is 35.5. The minimum atomic E-state index is 0. The van der Waals surface area contributed by atoms with Gasteiger partial charge < -0.3 is 17.7 Å². The zero-order chi connectivity index (χ0) is 18.8. The number of anilines is 1. The van der Waals surface area contributed by atoms with E-state index in [0.29, 0.717) is 12.5 Å². The molecule has 1 aliphatic rings. The SMILES string of the molecule is CC(C)c1ccc(NC(=O)C[n+]2cc(-c3ccccc3)n3c2CCC3)cc1.[Cl-]. The van der Waals surface area contributed by atoms with Gasteiger partial charge in [-0.2, -0.15) is 0 Å².